The highest BCUT2D eigenvalue weighted by Gasteiger charge is 2.17. The fourth-order valence-corrected chi connectivity index (χ4v) is 2.17. The van der Waals surface area contributed by atoms with Gasteiger partial charge in [-0.25, -0.2) is 0 Å². The van der Waals surface area contributed by atoms with E-state index in [1.807, 2.05) is 12.1 Å². The first-order valence-corrected chi connectivity index (χ1v) is 5.86. The lowest BCUT2D eigenvalue weighted by Crippen LogP contribution is -2.45. The van der Waals surface area contributed by atoms with Gasteiger partial charge in [-0.3, -0.25) is 0 Å². The standard InChI is InChI=1S/C12H20N2O/c1-2-14-7-3-5-11(10-14)13-9-12-6-4-8-15-12/h4,6,8,11,13H,2-3,5,7,9-10H2,1H3. The summed E-state index contributed by atoms with van der Waals surface area (Å²) in [5.74, 6) is 1.03. The van der Waals surface area contributed by atoms with Gasteiger partial charge in [0.25, 0.3) is 0 Å². The largest absolute Gasteiger partial charge is 0.468 e. The fourth-order valence-electron chi connectivity index (χ4n) is 2.17. The average Bonchev–Trinajstić information content (AvgIpc) is 2.79. The Morgan fingerprint density at radius 1 is 1.60 bits per heavy atom. The molecule has 3 nitrogen and oxygen atoms in total. The third-order valence-corrected chi connectivity index (χ3v) is 3.10. The molecule has 0 amide bonds. The second kappa shape index (κ2) is 5.33. The zero-order chi connectivity index (χ0) is 10.5. The van der Waals surface area contributed by atoms with Crippen molar-refractivity contribution in [2.45, 2.75) is 32.4 Å². The molecule has 1 aromatic heterocycles. The number of nitrogens with zero attached hydrogens (tertiary/aromatic N) is 1. The SMILES string of the molecule is CCN1CCCC(NCc2ccco2)C1. The van der Waals surface area contributed by atoms with E-state index in [0.29, 0.717) is 6.04 Å². The lowest BCUT2D eigenvalue weighted by Gasteiger charge is -2.32. The Balaban J connectivity index is 1.74. The van der Waals surface area contributed by atoms with Crippen LogP contribution in [0.2, 0.25) is 0 Å². The number of hydrogen-bond acceptors (Lipinski definition) is 3. The van der Waals surface area contributed by atoms with E-state index in [9.17, 15) is 0 Å². The summed E-state index contributed by atoms with van der Waals surface area (Å²) in [5.41, 5.74) is 0. The lowest BCUT2D eigenvalue weighted by molar-refractivity contribution is 0.196. The number of likely N-dealkylation sites (tertiary alicyclic amines) is 1. The van der Waals surface area contributed by atoms with Crippen LogP contribution in [0.3, 0.4) is 0 Å². The van der Waals surface area contributed by atoms with Crippen molar-refractivity contribution in [3.63, 3.8) is 0 Å². The van der Waals surface area contributed by atoms with Crippen LogP contribution in [-0.2, 0) is 6.54 Å². The fraction of sp³-hybridized carbons (Fsp3) is 0.667. The van der Waals surface area contributed by atoms with E-state index in [1.165, 1.54) is 32.5 Å². The summed E-state index contributed by atoms with van der Waals surface area (Å²) < 4.78 is 5.30. The number of furan rings is 1. The molecule has 0 spiro atoms. The lowest BCUT2D eigenvalue weighted by atomic mass is 10.1. The number of rotatable bonds is 4. The van der Waals surface area contributed by atoms with Crippen molar-refractivity contribution in [1.82, 2.24) is 10.2 Å². The van der Waals surface area contributed by atoms with Gasteiger partial charge in [0.05, 0.1) is 12.8 Å². The van der Waals surface area contributed by atoms with Gasteiger partial charge in [0, 0.05) is 12.6 Å². The smallest absolute Gasteiger partial charge is 0.117 e. The molecule has 2 rings (SSSR count). The van der Waals surface area contributed by atoms with Crippen LogP contribution in [0.25, 0.3) is 0 Å². The Hall–Kier alpha value is -0.800. The molecule has 1 atom stereocenters. The molecule has 84 valence electrons. The predicted molar refractivity (Wildman–Crippen MR) is 60.7 cm³/mol. The molecular formula is C12H20N2O. The van der Waals surface area contributed by atoms with E-state index in [2.05, 4.69) is 17.1 Å². The summed E-state index contributed by atoms with van der Waals surface area (Å²) in [7, 11) is 0. The van der Waals surface area contributed by atoms with Crippen molar-refractivity contribution in [1.29, 1.82) is 0 Å². The Morgan fingerprint density at radius 2 is 2.53 bits per heavy atom. The molecule has 0 bridgehead atoms. The molecule has 1 N–H and O–H groups in total. The zero-order valence-electron chi connectivity index (χ0n) is 9.41. The minimum absolute atomic E-state index is 0.629. The van der Waals surface area contributed by atoms with Gasteiger partial charge >= 0.3 is 0 Å². The third kappa shape index (κ3) is 3.08. The summed E-state index contributed by atoms with van der Waals surface area (Å²) in [5, 5.41) is 3.55. The third-order valence-electron chi connectivity index (χ3n) is 3.10. The minimum Gasteiger partial charge on any atom is -0.468 e. The van der Waals surface area contributed by atoms with Crippen molar-refractivity contribution in [3.05, 3.63) is 24.2 Å². The molecule has 1 aliphatic heterocycles. The second-order valence-electron chi connectivity index (χ2n) is 4.19. The molecule has 1 fully saturated rings. The van der Waals surface area contributed by atoms with Gasteiger partial charge in [0.2, 0.25) is 0 Å². The van der Waals surface area contributed by atoms with E-state index in [0.717, 1.165) is 12.3 Å². The van der Waals surface area contributed by atoms with E-state index in [4.69, 9.17) is 4.42 Å². The van der Waals surface area contributed by atoms with Crippen molar-refractivity contribution >= 4 is 0 Å². The molecule has 0 saturated carbocycles. The average molecular weight is 208 g/mol. The number of nitrogens with one attached hydrogen (secondary N) is 1. The topological polar surface area (TPSA) is 28.4 Å². The maximum atomic E-state index is 5.30. The van der Waals surface area contributed by atoms with Crippen LogP contribution in [0.4, 0.5) is 0 Å². The highest BCUT2D eigenvalue weighted by Crippen LogP contribution is 2.10. The molecule has 1 aromatic rings. The number of likely N-dealkylation sites (N-methyl/N-ethyl adjacent to an activating group) is 1. The van der Waals surface area contributed by atoms with Gasteiger partial charge in [0.1, 0.15) is 5.76 Å². The van der Waals surface area contributed by atoms with E-state index >= 15 is 0 Å². The summed E-state index contributed by atoms with van der Waals surface area (Å²) >= 11 is 0. The van der Waals surface area contributed by atoms with Crippen molar-refractivity contribution in [2.75, 3.05) is 19.6 Å². The van der Waals surface area contributed by atoms with Gasteiger partial charge in [-0.1, -0.05) is 6.92 Å². The van der Waals surface area contributed by atoms with Gasteiger partial charge in [-0.2, -0.15) is 0 Å². The van der Waals surface area contributed by atoms with Gasteiger partial charge < -0.3 is 14.6 Å². The van der Waals surface area contributed by atoms with Crippen LogP contribution < -0.4 is 5.32 Å². The Labute approximate surface area is 91.4 Å². The van der Waals surface area contributed by atoms with Crippen LogP contribution >= 0.6 is 0 Å². The summed E-state index contributed by atoms with van der Waals surface area (Å²) in [6.07, 6.45) is 4.33. The minimum atomic E-state index is 0.629. The Bertz CT molecular complexity index is 271. The first-order chi connectivity index (χ1) is 7.38. The van der Waals surface area contributed by atoms with Crippen LogP contribution in [-0.4, -0.2) is 30.6 Å². The number of piperidine rings is 1. The highest BCUT2D eigenvalue weighted by molar-refractivity contribution is 4.98. The summed E-state index contributed by atoms with van der Waals surface area (Å²) in [4.78, 5) is 2.50. The van der Waals surface area contributed by atoms with Gasteiger partial charge in [0.15, 0.2) is 0 Å². The van der Waals surface area contributed by atoms with E-state index in [1.54, 1.807) is 6.26 Å². The first kappa shape index (κ1) is 10.7. The monoisotopic (exact) mass is 208 g/mol. The van der Waals surface area contributed by atoms with Crippen molar-refractivity contribution in [3.8, 4) is 0 Å². The molecule has 3 heteroatoms. The first-order valence-electron chi connectivity index (χ1n) is 5.86. The molecule has 1 unspecified atom stereocenters. The molecule has 0 aliphatic carbocycles. The molecule has 0 aromatic carbocycles. The molecule has 1 aliphatic rings. The number of hydrogen-bond donors (Lipinski definition) is 1. The Morgan fingerprint density at radius 3 is 3.27 bits per heavy atom. The molecular weight excluding hydrogens is 188 g/mol. The Kier molecular flexibility index (Phi) is 3.80. The van der Waals surface area contributed by atoms with Gasteiger partial charge in [-0.15, -0.1) is 0 Å². The highest BCUT2D eigenvalue weighted by atomic mass is 16.3. The second-order valence-corrected chi connectivity index (χ2v) is 4.19. The van der Waals surface area contributed by atoms with Crippen molar-refractivity contribution in [2.24, 2.45) is 0 Å². The molecule has 0 radical (unpaired) electrons. The van der Waals surface area contributed by atoms with Crippen LogP contribution in [0.5, 0.6) is 0 Å². The summed E-state index contributed by atoms with van der Waals surface area (Å²) in [6, 6.07) is 4.59. The zero-order valence-corrected chi connectivity index (χ0v) is 9.41. The molecule has 15 heavy (non-hydrogen) atoms. The van der Waals surface area contributed by atoms with Crippen LogP contribution in [0.15, 0.2) is 22.8 Å². The quantitative estimate of drug-likeness (QED) is 0.818. The maximum Gasteiger partial charge on any atom is 0.117 e. The molecule has 2 heterocycles. The van der Waals surface area contributed by atoms with Crippen LogP contribution in [0, 0.1) is 0 Å². The van der Waals surface area contributed by atoms with E-state index in [-0.39, 0.29) is 0 Å². The van der Waals surface area contributed by atoms with E-state index < -0.39 is 0 Å². The van der Waals surface area contributed by atoms with Gasteiger partial charge in [-0.05, 0) is 38.1 Å². The maximum absolute atomic E-state index is 5.30. The predicted octanol–water partition coefficient (Wildman–Crippen LogP) is 1.85. The summed E-state index contributed by atoms with van der Waals surface area (Å²) in [6.45, 7) is 6.69. The normalized spacial score (nSPS) is 23.1. The van der Waals surface area contributed by atoms with Crippen LogP contribution in [0.1, 0.15) is 25.5 Å². The van der Waals surface area contributed by atoms with Crippen molar-refractivity contribution < 1.29 is 4.42 Å². The molecule has 1 saturated heterocycles.